The monoisotopic (exact) mass is 487 g/mol. The lowest BCUT2D eigenvalue weighted by Gasteiger charge is -2.25. The molecule has 6 nitrogen and oxygen atoms in total. The summed E-state index contributed by atoms with van der Waals surface area (Å²) in [6, 6.07) is 26.6. The molecule has 2 unspecified atom stereocenters. The van der Waals surface area contributed by atoms with Crippen LogP contribution >= 0.6 is 23.8 Å². The largest absolute Gasteiger partial charge is 0.331 e. The van der Waals surface area contributed by atoms with E-state index in [1.54, 1.807) is 5.01 Å². The van der Waals surface area contributed by atoms with Gasteiger partial charge in [-0.1, -0.05) is 60.1 Å². The normalized spacial score (nSPS) is 19.8. The average Bonchev–Trinajstić information content (AvgIpc) is 3.41. The van der Waals surface area contributed by atoms with E-state index in [4.69, 9.17) is 28.9 Å². The van der Waals surface area contributed by atoms with Crippen LogP contribution < -0.4 is 10.3 Å². The second kappa shape index (κ2) is 9.37. The molecule has 5 rings (SSSR count). The van der Waals surface area contributed by atoms with Gasteiger partial charge >= 0.3 is 0 Å². The highest BCUT2D eigenvalue weighted by Crippen LogP contribution is 2.36. The summed E-state index contributed by atoms with van der Waals surface area (Å²) in [5.41, 5.74) is 4.07. The number of para-hydroxylation sites is 2. The van der Waals surface area contributed by atoms with Crippen molar-refractivity contribution in [1.29, 1.82) is 0 Å². The van der Waals surface area contributed by atoms with Crippen LogP contribution in [0.15, 0.2) is 95.1 Å². The molecule has 8 heteroatoms. The van der Waals surface area contributed by atoms with Crippen molar-refractivity contribution in [2.24, 2.45) is 16.1 Å². The van der Waals surface area contributed by atoms with Crippen molar-refractivity contribution in [3.05, 3.63) is 95.5 Å². The van der Waals surface area contributed by atoms with Gasteiger partial charge in [0.25, 0.3) is 5.91 Å². The Morgan fingerprint density at radius 1 is 0.971 bits per heavy atom. The van der Waals surface area contributed by atoms with E-state index in [-0.39, 0.29) is 11.9 Å². The van der Waals surface area contributed by atoms with E-state index >= 15 is 0 Å². The van der Waals surface area contributed by atoms with Crippen LogP contribution in [-0.4, -0.2) is 27.5 Å². The van der Waals surface area contributed by atoms with Gasteiger partial charge < -0.3 is 5.32 Å². The van der Waals surface area contributed by atoms with Crippen LogP contribution in [0.1, 0.15) is 24.9 Å². The van der Waals surface area contributed by atoms with Crippen molar-refractivity contribution < 1.29 is 4.79 Å². The lowest BCUT2D eigenvalue weighted by Crippen LogP contribution is -2.32. The summed E-state index contributed by atoms with van der Waals surface area (Å²) in [7, 11) is 0. The second-order valence-corrected chi connectivity index (χ2v) is 8.99. The fourth-order valence-corrected chi connectivity index (χ4v) is 4.66. The number of halogens is 1. The highest BCUT2D eigenvalue weighted by Gasteiger charge is 2.43. The van der Waals surface area contributed by atoms with Gasteiger partial charge in [0.05, 0.1) is 23.2 Å². The zero-order chi connectivity index (χ0) is 23.7. The molecule has 2 heterocycles. The summed E-state index contributed by atoms with van der Waals surface area (Å²) in [4.78, 5) is 13.4. The summed E-state index contributed by atoms with van der Waals surface area (Å²) in [5.74, 6) is -0.638. The van der Waals surface area contributed by atoms with Crippen molar-refractivity contribution >= 4 is 57.6 Å². The predicted molar refractivity (Wildman–Crippen MR) is 141 cm³/mol. The summed E-state index contributed by atoms with van der Waals surface area (Å²) < 4.78 is 0. The molecule has 2 aliphatic rings. The van der Waals surface area contributed by atoms with Gasteiger partial charge in [0.15, 0.2) is 5.11 Å². The van der Waals surface area contributed by atoms with Crippen LogP contribution in [0.4, 0.5) is 11.4 Å². The molecule has 1 N–H and O–H groups in total. The predicted octanol–water partition coefficient (Wildman–Crippen LogP) is 5.88. The van der Waals surface area contributed by atoms with Crippen LogP contribution in [0.2, 0.25) is 5.02 Å². The Morgan fingerprint density at radius 3 is 2.29 bits per heavy atom. The average molecular weight is 488 g/mol. The van der Waals surface area contributed by atoms with Crippen molar-refractivity contribution in [2.45, 2.75) is 19.4 Å². The summed E-state index contributed by atoms with van der Waals surface area (Å²) in [6.07, 6.45) is 0.546. The maximum Gasteiger partial charge on any atom is 0.262 e. The number of thiocarbonyl (C=S) groups is 1. The Morgan fingerprint density at radius 2 is 1.62 bits per heavy atom. The zero-order valence-corrected chi connectivity index (χ0v) is 20.0. The Labute approximate surface area is 208 Å². The first-order valence-corrected chi connectivity index (χ1v) is 11.7. The number of nitrogens with zero attached hydrogens (tertiary/aromatic N) is 4. The highest BCUT2D eigenvalue weighted by atomic mass is 35.5. The maximum atomic E-state index is 13.4. The van der Waals surface area contributed by atoms with Crippen LogP contribution in [0, 0.1) is 5.92 Å². The fourth-order valence-electron chi connectivity index (χ4n) is 4.25. The van der Waals surface area contributed by atoms with Gasteiger partial charge in [-0.3, -0.25) is 4.79 Å². The van der Waals surface area contributed by atoms with Crippen molar-refractivity contribution in [1.82, 2.24) is 5.01 Å². The first-order valence-electron chi connectivity index (χ1n) is 10.9. The Bertz CT molecular complexity index is 1280. The molecular formula is C26H22ClN5OS. The lowest BCUT2D eigenvalue weighted by atomic mass is 9.92. The Kier molecular flexibility index (Phi) is 6.13. The minimum absolute atomic E-state index is 0.110. The molecule has 3 aromatic rings. The smallest absolute Gasteiger partial charge is 0.262 e. The number of anilines is 2. The summed E-state index contributed by atoms with van der Waals surface area (Å²) in [6.45, 7) is 1.87. The molecule has 0 radical (unpaired) electrons. The minimum Gasteiger partial charge on any atom is -0.331 e. The van der Waals surface area contributed by atoms with E-state index in [1.807, 2.05) is 91.9 Å². The topological polar surface area (TPSA) is 60.3 Å². The molecule has 0 aromatic heterocycles. The van der Waals surface area contributed by atoms with Crippen LogP contribution in [0.3, 0.4) is 0 Å². The number of rotatable bonds is 4. The minimum atomic E-state index is -0.528. The first-order chi connectivity index (χ1) is 16.5. The number of hydrogen-bond acceptors (Lipinski definition) is 4. The van der Waals surface area contributed by atoms with Gasteiger partial charge in [0, 0.05) is 17.1 Å². The number of hydrazone groups is 2. The molecule has 1 amide bonds. The van der Waals surface area contributed by atoms with E-state index in [0.717, 1.165) is 22.6 Å². The number of carbonyl (C=O) groups is 1. The molecule has 2 aliphatic heterocycles. The number of benzene rings is 3. The third-order valence-electron chi connectivity index (χ3n) is 5.89. The summed E-state index contributed by atoms with van der Waals surface area (Å²) >= 11 is 11.9. The Balaban J connectivity index is 1.46. The number of hydrogen-bond donors (Lipinski definition) is 1. The number of amides is 1. The van der Waals surface area contributed by atoms with Gasteiger partial charge in [-0.15, -0.1) is 0 Å². The number of nitrogens with one attached hydrogen (secondary N) is 1. The lowest BCUT2D eigenvalue weighted by molar-refractivity contribution is -0.118. The van der Waals surface area contributed by atoms with Gasteiger partial charge in [0.1, 0.15) is 5.92 Å². The standard InChI is InChI=1S/C26H22ClN5OS/c1-17-24(25(33)31(29-17)21-10-6-3-7-11-21)22-16-23(18-12-14-19(27)15-13-18)32(30-22)26(34)28-20-8-4-2-5-9-20/h2-15,23-24H,16H2,1H3,(H,28,34). The molecule has 0 fully saturated rings. The van der Waals surface area contributed by atoms with Gasteiger partial charge in [-0.2, -0.15) is 15.2 Å². The van der Waals surface area contributed by atoms with Crippen LogP contribution in [0.25, 0.3) is 0 Å². The molecular weight excluding hydrogens is 466 g/mol. The molecule has 3 aromatic carbocycles. The van der Waals surface area contributed by atoms with E-state index in [1.165, 1.54) is 5.01 Å². The highest BCUT2D eigenvalue weighted by molar-refractivity contribution is 7.80. The van der Waals surface area contributed by atoms with Gasteiger partial charge in [0.2, 0.25) is 0 Å². The van der Waals surface area contributed by atoms with E-state index in [2.05, 4.69) is 10.4 Å². The van der Waals surface area contributed by atoms with Gasteiger partial charge in [-0.05, 0) is 61.1 Å². The molecule has 0 spiro atoms. The van der Waals surface area contributed by atoms with Crippen molar-refractivity contribution in [2.75, 3.05) is 10.3 Å². The third kappa shape index (κ3) is 4.32. The van der Waals surface area contributed by atoms with E-state index in [0.29, 0.717) is 22.3 Å². The zero-order valence-electron chi connectivity index (χ0n) is 18.4. The molecule has 2 atom stereocenters. The van der Waals surface area contributed by atoms with Crippen molar-refractivity contribution in [3.8, 4) is 0 Å². The maximum absolute atomic E-state index is 13.4. The van der Waals surface area contributed by atoms with Crippen LogP contribution in [0.5, 0.6) is 0 Å². The third-order valence-corrected chi connectivity index (χ3v) is 6.43. The van der Waals surface area contributed by atoms with Crippen molar-refractivity contribution in [3.63, 3.8) is 0 Å². The van der Waals surface area contributed by atoms with Gasteiger partial charge in [-0.25, -0.2) is 5.01 Å². The molecule has 34 heavy (non-hydrogen) atoms. The summed E-state index contributed by atoms with van der Waals surface area (Å²) in [5, 5.41) is 17.0. The fraction of sp³-hybridized carbons (Fsp3) is 0.154. The number of carbonyl (C=O) groups excluding carboxylic acids is 1. The second-order valence-electron chi connectivity index (χ2n) is 8.16. The molecule has 0 aliphatic carbocycles. The Hall–Kier alpha value is -3.55. The quantitative estimate of drug-likeness (QED) is 0.467. The van der Waals surface area contributed by atoms with E-state index in [9.17, 15) is 4.79 Å². The van der Waals surface area contributed by atoms with E-state index < -0.39 is 5.92 Å². The molecule has 170 valence electrons. The molecule has 0 bridgehead atoms. The molecule has 0 saturated carbocycles. The first kappa shape index (κ1) is 22.3. The molecule has 0 saturated heterocycles. The SMILES string of the molecule is CC1=NN(c2ccccc2)C(=O)C1C1=NN(C(=S)Nc2ccccc2)C(c2ccc(Cl)cc2)C1. The van der Waals surface area contributed by atoms with Crippen LogP contribution in [-0.2, 0) is 4.79 Å².